The molecule has 1 atom stereocenters. The third-order valence-electron chi connectivity index (χ3n) is 4.84. The van der Waals surface area contributed by atoms with Crippen molar-refractivity contribution >= 4 is 15.9 Å². The SMILES string of the molecule is O=C(NC[C@H]1COc2ccccc2O1)c1ccc(F)c(S(=O)(=O)N2CCOCC2)c1. The Labute approximate surface area is 173 Å². The van der Waals surface area contributed by atoms with E-state index in [-0.39, 0.29) is 45.0 Å². The van der Waals surface area contributed by atoms with Crippen LogP contribution in [0.4, 0.5) is 4.39 Å². The molecule has 8 nitrogen and oxygen atoms in total. The van der Waals surface area contributed by atoms with Crippen LogP contribution in [0.3, 0.4) is 0 Å². The maximum absolute atomic E-state index is 14.3. The number of rotatable bonds is 5. The minimum Gasteiger partial charge on any atom is -0.486 e. The molecule has 0 aromatic heterocycles. The summed E-state index contributed by atoms with van der Waals surface area (Å²) in [6.07, 6.45) is -0.402. The Bertz CT molecular complexity index is 1040. The Morgan fingerprint density at radius 3 is 2.63 bits per heavy atom. The lowest BCUT2D eigenvalue weighted by Gasteiger charge is -2.27. The molecule has 160 valence electrons. The van der Waals surface area contributed by atoms with Gasteiger partial charge in [0.05, 0.1) is 19.8 Å². The summed E-state index contributed by atoms with van der Waals surface area (Å²) in [7, 11) is -4.06. The van der Waals surface area contributed by atoms with E-state index in [0.29, 0.717) is 11.5 Å². The second-order valence-electron chi connectivity index (χ2n) is 6.87. The van der Waals surface area contributed by atoms with Crippen LogP contribution in [0.15, 0.2) is 47.4 Å². The second-order valence-corrected chi connectivity index (χ2v) is 8.78. The number of hydrogen-bond acceptors (Lipinski definition) is 6. The van der Waals surface area contributed by atoms with Crippen LogP contribution in [0.5, 0.6) is 11.5 Å². The van der Waals surface area contributed by atoms with E-state index in [2.05, 4.69) is 5.32 Å². The number of hydrogen-bond donors (Lipinski definition) is 1. The molecule has 10 heteroatoms. The van der Waals surface area contributed by atoms with Gasteiger partial charge < -0.3 is 19.5 Å². The highest BCUT2D eigenvalue weighted by Crippen LogP contribution is 2.30. The third kappa shape index (κ3) is 4.25. The molecule has 30 heavy (non-hydrogen) atoms. The first kappa shape index (κ1) is 20.6. The van der Waals surface area contributed by atoms with Crippen molar-refractivity contribution in [3.63, 3.8) is 0 Å². The number of sulfonamides is 1. The Hall–Kier alpha value is -2.69. The molecule has 2 heterocycles. The van der Waals surface area contributed by atoms with Crippen LogP contribution in [0.25, 0.3) is 0 Å². The Kier molecular flexibility index (Phi) is 5.89. The third-order valence-corrected chi connectivity index (χ3v) is 6.75. The van der Waals surface area contributed by atoms with E-state index in [0.717, 1.165) is 16.4 Å². The highest BCUT2D eigenvalue weighted by molar-refractivity contribution is 7.89. The van der Waals surface area contributed by atoms with Gasteiger partial charge in [-0.25, -0.2) is 12.8 Å². The zero-order valence-electron chi connectivity index (χ0n) is 16.0. The number of carbonyl (C=O) groups is 1. The lowest BCUT2D eigenvalue weighted by Crippen LogP contribution is -2.41. The normalized spacial score (nSPS) is 19.3. The number of halogens is 1. The maximum atomic E-state index is 14.3. The van der Waals surface area contributed by atoms with E-state index >= 15 is 0 Å². The Balaban J connectivity index is 1.44. The standard InChI is InChI=1S/C20H21FN2O6S/c21-16-6-5-14(11-19(16)30(25,26)23-7-9-27-10-8-23)20(24)22-12-15-13-28-17-3-1-2-4-18(17)29-15/h1-6,11,15H,7-10,12-13H2,(H,22,24)/t15-/m0/s1. The van der Waals surface area contributed by atoms with Gasteiger partial charge in [0.25, 0.3) is 5.91 Å². The molecular weight excluding hydrogens is 415 g/mol. The van der Waals surface area contributed by atoms with Gasteiger partial charge in [-0.1, -0.05) is 12.1 Å². The van der Waals surface area contributed by atoms with Gasteiger partial charge >= 0.3 is 0 Å². The van der Waals surface area contributed by atoms with E-state index in [9.17, 15) is 17.6 Å². The molecule has 1 saturated heterocycles. The molecule has 1 amide bonds. The molecular formula is C20H21FN2O6S. The van der Waals surface area contributed by atoms with Crippen molar-refractivity contribution in [3.8, 4) is 11.5 Å². The molecule has 0 saturated carbocycles. The molecule has 2 aromatic carbocycles. The highest BCUT2D eigenvalue weighted by Gasteiger charge is 2.30. The number of fused-ring (bicyclic) bond motifs is 1. The van der Waals surface area contributed by atoms with Crippen molar-refractivity contribution in [3.05, 3.63) is 53.8 Å². The minimum atomic E-state index is -4.06. The quantitative estimate of drug-likeness (QED) is 0.762. The summed E-state index contributed by atoms with van der Waals surface area (Å²) in [6, 6.07) is 10.5. The van der Waals surface area contributed by atoms with E-state index in [1.807, 2.05) is 12.1 Å². The maximum Gasteiger partial charge on any atom is 0.251 e. The number of nitrogens with zero attached hydrogens (tertiary/aromatic N) is 1. The summed E-state index contributed by atoms with van der Waals surface area (Å²) in [5, 5.41) is 2.68. The highest BCUT2D eigenvalue weighted by atomic mass is 32.2. The van der Waals surface area contributed by atoms with Crippen LogP contribution in [0.2, 0.25) is 0 Å². The molecule has 0 radical (unpaired) electrons. The van der Waals surface area contributed by atoms with Crippen LogP contribution < -0.4 is 14.8 Å². The molecule has 4 rings (SSSR count). The first-order chi connectivity index (χ1) is 14.4. The number of ether oxygens (including phenoxy) is 3. The molecule has 1 N–H and O–H groups in total. The predicted molar refractivity (Wildman–Crippen MR) is 105 cm³/mol. The molecule has 0 unspecified atom stereocenters. The summed E-state index contributed by atoms with van der Waals surface area (Å²) in [5.41, 5.74) is 0.0420. The number of morpholine rings is 1. The van der Waals surface area contributed by atoms with Crippen molar-refractivity contribution in [1.29, 1.82) is 0 Å². The average Bonchev–Trinajstić information content (AvgIpc) is 2.78. The van der Waals surface area contributed by atoms with Gasteiger partial charge in [-0.05, 0) is 30.3 Å². The largest absolute Gasteiger partial charge is 0.486 e. The summed E-state index contributed by atoms with van der Waals surface area (Å²) in [4.78, 5) is 12.0. The Morgan fingerprint density at radius 2 is 1.87 bits per heavy atom. The molecule has 2 aliphatic rings. The van der Waals surface area contributed by atoms with Crippen LogP contribution in [-0.4, -0.2) is 64.2 Å². The van der Waals surface area contributed by atoms with Gasteiger partial charge in [0, 0.05) is 18.7 Å². The average molecular weight is 436 g/mol. The topological polar surface area (TPSA) is 94.2 Å². The van der Waals surface area contributed by atoms with Crippen molar-refractivity contribution in [1.82, 2.24) is 9.62 Å². The van der Waals surface area contributed by atoms with Crippen LogP contribution in [0, 0.1) is 5.82 Å². The van der Waals surface area contributed by atoms with Gasteiger partial charge in [0.15, 0.2) is 11.5 Å². The van der Waals surface area contributed by atoms with Crippen LogP contribution in [-0.2, 0) is 14.8 Å². The Morgan fingerprint density at radius 1 is 1.13 bits per heavy atom. The van der Waals surface area contributed by atoms with Gasteiger partial charge in [-0.2, -0.15) is 4.31 Å². The van der Waals surface area contributed by atoms with Gasteiger partial charge in [-0.3, -0.25) is 4.79 Å². The fourth-order valence-corrected chi connectivity index (χ4v) is 4.74. The predicted octanol–water partition coefficient (Wildman–Crippen LogP) is 1.42. The monoisotopic (exact) mass is 436 g/mol. The number of carbonyl (C=O) groups excluding carboxylic acids is 1. The first-order valence-corrected chi connectivity index (χ1v) is 10.9. The molecule has 1 fully saturated rings. The number of nitrogens with one attached hydrogen (secondary N) is 1. The molecule has 0 bridgehead atoms. The van der Waals surface area contributed by atoms with E-state index in [4.69, 9.17) is 14.2 Å². The van der Waals surface area contributed by atoms with E-state index in [1.54, 1.807) is 12.1 Å². The zero-order chi connectivity index (χ0) is 21.1. The first-order valence-electron chi connectivity index (χ1n) is 9.49. The van der Waals surface area contributed by atoms with Crippen LogP contribution >= 0.6 is 0 Å². The summed E-state index contributed by atoms with van der Waals surface area (Å²) >= 11 is 0. The summed E-state index contributed by atoms with van der Waals surface area (Å²) in [5.74, 6) is -0.213. The van der Waals surface area contributed by atoms with Crippen molar-refractivity contribution in [2.24, 2.45) is 0 Å². The van der Waals surface area contributed by atoms with E-state index < -0.39 is 32.7 Å². The van der Waals surface area contributed by atoms with Gasteiger partial charge in [-0.15, -0.1) is 0 Å². The van der Waals surface area contributed by atoms with Gasteiger partial charge in [0.1, 0.15) is 23.4 Å². The number of para-hydroxylation sites is 2. The number of benzene rings is 2. The molecule has 2 aromatic rings. The number of amides is 1. The summed E-state index contributed by atoms with van der Waals surface area (Å²) in [6.45, 7) is 1.17. The lowest BCUT2D eigenvalue weighted by atomic mass is 10.2. The fraction of sp³-hybridized carbons (Fsp3) is 0.350. The second kappa shape index (κ2) is 8.58. The van der Waals surface area contributed by atoms with Crippen LogP contribution in [0.1, 0.15) is 10.4 Å². The zero-order valence-corrected chi connectivity index (χ0v) is 16.9. The van der Waals surface area contributed by atoms with Crippen molar-refractivity contribution in [2.45, 2.75) is 11.0 Å². The van der Waals surface area contributed by atoms with Gasteiger partial charge in [0.2, 0.25) is 10.0 Å². The lowest BCUT2D eigenvalue weighted by molar-refractivity contribution is 0.0729. The van der Waals surface area contributed by atoms with E-state index in [1.165, 1.54) is 6.07 Å². The fourth-order valence-electron chi connectivity index (χ4n) is 3.24. The van der Waals surface area contributed by atoms with Crippen molar-refractivity contribution < 1.29 is 31.8 Å². The molecule has 0 spiro atoms. The van der Waals surface area contributed by atoms with Crippen molar-refractivity contribution in [2.75, 3.05) is 39.5 Å². The summed E-state index contributed by atoms with van der Waals surface area (Å²) < 4.78 is 57.5. The minimum absolute atomic E-state index is 0.0420. The molecule has 0 aliphatic carbocycles. The molecule has 2 aliphatic heterocycles. The smallest absolute Gasteiger partial charge is 0.251 e.